The quantitative estimate of drug-likeness (QED) is 0.122. The lowest BCUT2D eigenvalue weighted by Gasteiger charge is -2.25. The normalized spacial score (nSPS) is 14.5. The summed E-state index contributed by atoms with van der Waals surface area (Å²) in [6.45, 7) is 18.6. The molecule has 1 aliphatic carbocycles. The average Bonchev–Trinajstić information content (AvgIpc) is 3.73. The number of aryl methyl sites for hydroxylation is 1. The molecule has 3 rings (SSSR count). The molecule has 44 heavy (non-hydrogen) atoms. The molecule has 0 radical (unpaired) electrons. The van der Waals surface area contributed by atoms with Crippen molar-refractivity contribution in [2.75, 3.05) is 24.7 Å². The van der Waals surface area contributed by atoms with E-state index in [1.165, 1.54) is 11.8 Å². The first-order chi connectivity index (χ1) is 20.9. The SMILES string of the molecule is C=CCN(CCC(/C=C(\SC)C(=O)NC1CC1)=C\C(C)C=C)C(=O)c1ccc(NC(=O)c2cc(C)nn2C(C)(C)CC)cc1. The van der Waals surface area contributed by atoms with Crippen LogP contribution in [-0.4, -0.2) is 57.8 Å². The number of hydrogen-bond acceptors (Lipinski definition) is 5. The summed E-state index contributed by atoms with van der Waals surface area (Å²) >= 11 is 1.42. The molecular formula is C35H47N5O3S. The highest BCUT2D eigenvalue weighted by molar-refractivity contribution is 8.03. The summed E-state index contributed by atoms with van der Waals surface area (Å²) in [5.41, 5.74) is 3.02. The minimum absolute atomic E-state index is 0.0583. The van der Waals surface area contributed by atoms with E-state index in [4.69, 9.17) is 0 Å². The van der Waals surface area contributed by atoms with Gasteiger partial charge in [-0.1, -0.05) is 32.1 Å². The fraction of sp³-hybridized carbons (Fsp3) is 0.429. The zero-order chi connectivity index (χ0) is 32.4. The van der Waals surface area contributed by atoms with Gasteiger partial charge in [0.25, 0.3) is 17.7 Å². The zero-order valence-corrected chi connectivity index (χ0v) is 27.8. The van der Waals surface area contributed by atoms with Gasteiger partial charge in [-0.3, -0.25) is 19.1 Å². The Kier molecular flexibility index (Phi) is 12.4. The Morgan fingerprint density at radius 2 is 1.89 bits per heavy atom. The van der Waals surface area contributed by atoms with Crippen LogP contribution in [0.4, 0.5) is 5.69 Å². The molecule has 0 bridgehead atoms. The van der Waals surface area contributed by atoms with E-state index in [1.54, 1.807) is 46.0 Å². The highest BCUT2D eigenvalue weighted by atomic mass is 32.2. The number of nitrogens with zero attached hydrogens (tertiary/aromatic N) is 3. The molecule has 3 amide bonds. The van der Waals surface area contributed by atoms with Gasteiger partial charge in [0, 0.05) is 30.4 Å². The van der Waals surface area contributed by atoms with Gasteiger partial charge >= 0.3 is 0 Å². The van der Waals surface area contributed by atoms with Gasteiger partial charge in [0.2, 0.25) is 0 Å². The number of amides is 3. The second-order valence-corrected chi connectivity index (χ2v) is 12.7. The Balaban J connectivity index is 1.73. The fourth-order valence-corrected chi connectivity index (χ4v) is 5.03. The third-order valence-corrected chi connectivity index (χ3v) is 8.46. The molecule has 1 aliphatic rings. The van der Waals surface area contributed by atoms with Crippen LogP contribution in [-0.2, 0) is 10.3 Å². The molecule has 1 heterocycles. The molecule has 9 heteroatoms. The summed E-state index contributed by atoms with van der Waals surface area (Å²) in [4.78, 5) is 41.8. The summed E-state index contributed by atoms with van der Waals surface area (Å²) in [6.07, 6.45) is 12.9. The average molecular weight is 618 g/mol. The maximum atomic E-state index is 13.5. The fourth-order valence-electron chi connectivity index (χ4n) is 4.52. The molecular weight excluding hydrogens is 570 g/mol. The van der Waals surface area contributed by atoms with E-state index >= 15 is 0 Å². The van der Waals surface area contributed by atoms with Crippen molar-refractivity contribution < 1.29 is 14.4 Å². The number of anilines is 1. The lowest BCUT2D eigenvalue weighted by atomic mass is 10.0. The Morgan fingerprint density at radius 1 is 1.20 bits per heavy atom. The minimum atomic E-state index is -0.305. The van der Waals surface area contributed by atoms with Crippen molar-refractivity contribution in [3.05, 3.63) is 95.2 Å². The van der Waals surface area contributed by atoms with E-state index in [0.717, 1.165) is 30.5 Å². The van der Waals surface area contributed by atoms with Crippen molar-refractivity contribution in [2.45, 2.75) is 71.9 Å². The number of hydrogen-bond donors (Lipinski definition) is 2. The molecule has 2 aromatic rings. The molecule has 2 N–H and O–H groups in total. The monoisotopic (exact) mass is 617 g/mol. The molecule has 1 saturated carbocycles. The highest BCUT2D eigenvalue weighted by Gasteiger charge is 2.26. The first-order valence-electron chi connectivity index (χ1n) is 15.2. The van der Waals surface area contributed by atoms with Crippen LogP contribution in [0.25, 0.3) is 0 Å². The number of aromatic nitrogens is 2. The summed E-state index contributed by atoms with van der Waals surface area (Å²) < 4.78 is 1.78. The lowest BCUT2D eigenvalue weighted by Crippen LogP contribution is -2.32. The smallest absolute Gasteiger partial charge is 0.273 e. The molecule has 1 unspecified atom stereocenters. The summed E-state index contributed by atoms with van der Waals surface area (Å²) in [6, 6.07) is 8.97. The Bertz CT molecular complexity index is 1420. The van der Waals surface area contributed by atoms with E-state index < -0.39 is 0 Å². The Labute approximate surface area is 266 Å². The zero-order valence-electron chi connectivity index (χ0n) is 27.0. The van der Waals surface area contributed by atoms with E-state index in [9.17, 15) is 14.4 Å². The van der Waals surface area contributed by atoms with Crippen LogP contribution in [0, 0.1) is 12.8 Å². The molecule has 0 aliphatic heterocycles. The Morgan fingerprint density at radius 3 is 2.45 bits per heavy atom. The highest BCUT2D eigenvalue weighted by Crippen LogP contribution is 2.25. The molecule has 1 atom stereocenters. The van der Waals surface area contributed by atoms with Crippen molar-refractivity contribution in [3.63, 3.8) is 0 Å². The van der Waals surface area contributed by atoms with Crippen LogP contribution in [0.15, 0.2) is 78.3 Å². The summed E-state index contributed by atoms with van der Waals surface area (Å²) in [7, 11) is 0. The van der Waals surface area contributed by atoms with Crippen LogP contribution < -0.4 is 10.6 Å². The number of allylic oxidation sites excluding steroid dienone is 3. The number of nitrogens with one attached hydrogen (secondary N) is 2. The Hall–Kier alpha value is -3.85. The molecule has 1 aromatic carbocycles. The predicted molar refractivity (Wildman–Crippen MR) is 182 cm³/mol. The van der Waals surface area contributed by atoms with Gasteiger partial charge in [-0.2, -0.15) is 5.10 Å². The van der Waals surface area contributed by atoms with Crippen molar-refractivity contribution >= 4 is 35.2 Å². The van der Waals surface area contributed by atoms with E-state index in [0.29, 0.717) is 41.4 Å². The lowest BCUT2D eigenvalue weighted by molar-refractivity contribution is -0.116. The third kappa shape index (κ3) is 9.58. The second kappa shape index (κ2) is 15.7. The van der Waals surface area contributed by atoms with Gasteiger partial charge in [-0.05, 0) is 101 Å². The van der Waals surface area contributed by atoms with Crippen LogP contribution in [0.3, 0.4) is 0 Å². The van der Waals surface area contributed by atoms with Gasteiger partial charge in [0.15, 0.2) is 0 Å². The largest absolute Gasteiger partial charge is 0.349 e. The van der Waals surface area contributed by atoms with Crippen molar-refractivity contribution in [3.8, 4) is 0 Å². The maximum Gasteiger partial charge on any atom is 0.273 e. The third-order valence-electron chi connectivity index (χ3n) is 7.72. The molecule has 1 aromatic heterocycles. The van der Waals surface area contributed by atoms with Gasteiger partial charge in [-0.15, -0.1) is 24.9 Å². The van der Waals surface area contributed by atoms with Crippen LogP contribution in [0.2, 0.25) is 0 Å². The van der Waals surface area contributed by atoms with Gasteiger partial charge in [0.1, 0.15) is 5.69 Å². The van der Waals surface area contributed by atoms with E-state index in [-0.39, 0.29) is 35.2 Å². The van der Waals surface area contributed by atoms with E-state index in [1.807, 2.05) is 46.1 Å². The molecule has 236 valence electrons. The van der Waals surface area contributed by atoms with Crippen molar-refractivity contribution in [1.29, 1.82) is 0 Å². The molecule has 0 saturated heterocycles. The first kappa shape index (κ1) is 34.6. The van der Waals surface area contributed by atoms with Crippen molar-refractivity contribution in [2.24, 2.45) is 5.92 Å². The number of carbonyl (C=O) groups is 3. The van der Waals surface area contributed by atoms with Crippen LogP contribution in [0.1, 0.15) is 79.9 Å². The summed E-state index contributed by atoms with van der Waals surface area (Å²) in [5.74, 6) is -0.344. The predicted octanol–water partition coefficient (Wildman–Crippen LogP) is 6.88. The topological polar surface area (TPSA) is 96.3 Å². The summed E-state index contributed by atoms with van der Waals surface area (Å²) in [5, 5.41) is 10.5. The van der Waals surface area contributed by atoms with Crippen LogP contribution >= 0.6 is 11.8 Å². The first-order valence-corrected chi connectivity index (χ1v) is 16.4. The van der Waals surface area contributed by atoms with E-state index in [2.05, 4.69) is 41.9 Å². The van der Waals surface area contributed by atoms with Gasteiger partial charge < -0.3 is 15.5 Å². The van der Waals surface area contributed by atoms with Crippen LogP contribution in [0.5, 0.6) is 0 Å². The minimum Gasteiger partial charge on any atom is -0.349 e. The molecule has 0 spiro atoms. The standard InChI is InChI=1S/C35H47N5O3S/c1-9-19-39(20-18-26(21-24(4)10-2)23-31(44-8)33(42)37-29-16-17-29)34(43)27-12-14-28(15-13-27)36-32(41)30-22-25(5)38-40(30)35(6,7)11-3/h9-10,12-15,21-24,29H,1-2,11,16-20H2,3-8H3,(H,36,41)(H,37,42)/b26-21+,31-23-. The molecule has 1 fully saturated rings. The second-order valence-electron chi connectivity index (χ2n) is 11.9. The maximum absolute atomic E-state index is 13.5. The number of thioether (sulfide) groups is 1. The number of rotatable bonds is 16. The van der Waals surface area contributed by atoms with Gasteiger partial charge in [-0.25, -0.2) is 0 Å². The number of carbonyl (C=O) groups excluding carboxylic acids is 3. The molecule has 8 nitrogen and oxygen atoms in total. The number of benzene rings is 1. The van der Waals surface area contributed by atoms with Gasteiger partial charge in [0.05, 0.1) is 16.1 Å². The van der Waals surface area contributed by atoms with Crippen molar-refractivity contribution in [1.82, 2.24) is 20.0 Å².